The van der Waals surface area contributed by atoms with Gasteiger partial charge in [0.05, 0.1) is 12.1 Å². The molecule has 180 valence electrons. The Bertz CT molecular complexity index is 1220. The van der Waals surface area contributed by atoms with Crippen molar-refractivity contribution < 1.29 is 19.2 Å². The monoisotopic (exact) mass is 469 g/mol. The van der Waals surface area contributed by atoms with Crippen LogP contribution in [0.2, 0.25) is 0 Å². The molecular weight excluding hydrogens is 438 g/mol. The second-order valence-electron chi connectivity index (χ2n) is 8.84. The molecule has 1 aromatic heterocycles. The molecular formula is C30H31NO4. The van der Waals surface area contributed by atoms with Crippen molar-refractivity contribution >= 4 is 5.97 Å². The minimum Gasteiger partial charge on any atom is -0.481 e. The van der Waals surface area contributed by atoms with Crippen molar-refractivity contribution in [3.8, 4) is 5.75 Å². The molecule has 5 nitrogen and oxygen atoms in total. The topological polar surface area (TPSA) is 72.6 Å². The molecule has 0 radical (unpaired) electrons. The Hall–Kier alpha value is -3.86. The summed E-state index contributed by atoms with van der Waals surface area (Å²) in [5.41, 5.74) is 6.30. The maximum absolute atomic E-state index is 11.4. The SMILES string of the molecule is CCCCc1cc(C(Oc2ccc(C(CC(=O)O)c3ccon3)cc2)c2ccccc2)ccc1C. The van der Waals surface area contributed by atoms with Gasteiger partial charge in [-0.3, -0.25) is 4.79 Å². The number of unbranched alkanes of at least 4 members (excludes halogenated alkanes) is 1. The van der Waals surface area contributed by atoms with Gasteiger partial charge in [0.2, 0.25) is 0 Å². The summed E-state index contributed by atoms with van der Waals surface area (Å²) in [6.45, 7) is 4.37. The predicted molar refractivity (Wildman–Crippen MR) is 136 cm³/mol. The molecule has 0 aliphatic rings. The van der Waals surface area contributed by atoms with Crippen LogP contribution < -0.4 is 4.74 Å². The van der Waals surface area contributed by atoms with Crippen LogP contribution in [0.3, 0.4) is 0 Å². The van der Waals surface area contributed by atoms with Crippen molar-refractivity contribution in [2.24, 2.45) is 0 Å². The van der Waals surface area contributed by atoms with E-state index >= 15 is 0 Å². The minimum absolute atomic E-state index is 0.0662. The molecule has 0 aliphatic carbocycles. The molecule has 0 spiro atoms. The van der Waals surface area contributed by atoms with E-state index in [0.717, 1.165) is 36.0 Å². The van der Waals surface area contributed by atoms with Crippen molar-refractivity contribution in [2.75, 3.05) is 0 Å². The van der Waals surface area contributed by atoms with E-state index < -0.39 is 5.97 Å². The lowest BCUT2D eigenvalue weighted by molar-refractivity contribution is -0.137. The first-order chi connectivity index (χ1) is 17.0. The first-order valence-electron chi connectivity index (χ1n) is 12.1. The summed E-state index contributed by atoms with van der Waals surface area (Å²) >= 11 is 0. The highest BCUT2D eigenvalue weighted by Crippen LogP contribution is 2.33. The molecule has 4 aromatic rings. The van der Waals surface area contributed by atoms with E-state index in [2.05, 4.69) is 49.3 Å². The van der Waals surface area contributed by atoms with E-state index in [1.165, 1.54) is 17.4 Å². The summed E-state index contributed by atoms with van der Waals surface area (Å²) in [7, 11) is 0. The molecule has 2 unspecified atom stereocenters. The van der Waals surface area contributed by atoms with Gasteiger partial charge in [-0.25, -0.2) is 0 Å². The van der Waals surface area contributed by atoms with Crippen LogP contribution in [-0.2, 0) is 11.2 Å². The zero-order valence-electron chi connectivity index (χ0n) is 20.2. The molecule has 2 atom stereocenters. The molecule has 35 heavy (non-hydrogen) atoms. The summed E-state index contributed by atoms with van der Waals surface area (Å²) in [5, 5.41) is 13.3. The quantitative estimate of drug-likeness (QED) is 0.254. The second-order valence-corrected chi connectivity index (χ2v) is 8.84. The first kappa shape index (κ1) is 24.3. The van der Waals surface area contributed by atoms with E-state index in [4.69, 9.17) is 9.26 Å². The Morgan fingerprint density at radius 1 is 0.971 bits per heavy atom. The zero-order chi connectivity index (χ0) is 24.6. The van der Waals surface area contributed by atoms with Crippen molar-refractivity contribution in [2.45, 2.75) is 51.6 Å². The molecule has 0 bridgehead atoms. The molecule has 3 aromatic carbocycles. The number of nitrogens with zero attached hydrogens (tertiary/aromatic N) is 1. The highest BCUT2D eigenvalue weighted by atomic mass is 16.5. The number of hydrogen-bond donors (Lipinski definition) is 1. The lowest BCUT2D eigenvalue weighted by Crippen LogP contribution is -2.11. The van der Waals surface area contributed by atoms with Crippen molar-refractivity contribution in [3.63, 3.8) is 0 Å². The third kappa shape index (κ3) is 6.18. The van der Waals surface area contributed by atoms with Crippen LogP contribution in [0.4, 0.5) is 0 Å². The Labute approximate surface area is 206 Å². The number of rotatable bonds is 11. The number of ether oxygens (including phenoxy) is 1. The van der Waals surface area contributed by atoms with Crippen LogP contribution in [0.25, 0.3) is 0 Å². The van der Waals surface area contributed by atoms with Crippen molar-refractivity contribution in [1.29, 1.82) is 0 Å². The number of carboxylic acids is 1. The average molecular weight is 470 g/mol. The molecule has 0 aliphatic heterocycles. The van der Waals surface area contributed by atoms with Gasteiger partial charge in [-0.1, -0.05) is 79.2 Å². The van der Waals surface area contributed by atoms with Gasteiger partial charge in [0.1, 0.15) is 18.1 Å². The van der Waals surface area contributed by atoms with E-state index in [9.17, 15) is 9.90 Å². The van der Waals surface area contributed by atoms with Crippen LogP contribution in [0.1, 0.15) is 71.7 Å². The highest BCUT2D eigenvalue weighted by molar-refractivity contribution is 5.68. The highest BCUT2D eigenvalue weighted by Gasteiger charge is 2.22. The maximum atomic E-state index is 11.4. The molecule has 0 fully saturated rings. The number of aliphatic carboxylic acids is 1. The van der Waals surface area contributed by atoms with Crippen LogP contribution in [0.5, 0.6) is 5.75 Å². The molecule has 0 saturated heterocycles. The second kappa shape index (κ2) is 11.5. The lowest BCUT2D eigenvalue weighted by atomic mass is 9.92. The van der Waals surface area contributed by atoms with Crippen LogP contribution in [-0.4, -0.2) is 16.2 Å². The Kier molecular flexibility index (Phi) is 7.99. The summed E-state index contributed by atoms with van der Waals surface area (Å²) in [4.78, 5) is 11.4. The van der Waals surface area contributed by atoms with E-state index in [-0.39, 0.29) is 18.4 Å². The van der Waals surface area contributed by atoms with E-state index in [1.807, 2.05) is 42.5 Å². The number of carboxylic acid groups (broad SMARTS) is 1. The fourth-order valence-electron chi connectivity index (χ4n) is 4.33. The fourth-order valence-corrected chi connectivity index (χ4v) is 4.33. The zero-order valence-corrected chi connectivity index (χ0v) is 20.2. The molecule has 0 saturated carbocycles. The smallest absolute Gasteiger partial charge is 0.304 e. The normalized spacial score (nSPS) is 12.7. The van der Waals surface area contributed by atoms with Gasteiger partial charge >= 0.3 is 5.97 Å². The minimum atomic E-state index is -0.888. The summed E-state index contributed by atoms with van der Waals surface area (Å²) in [6, 6.07) is 26.1. The standard InChI is InChI=1S/C30H31NO4/c1-3-4-8-24-19-25(12-11-21(24)2)30(23-9-6-5-7-10-23)35-26-15-13-22(14-16-26)27(20-29(32)33)28-17-18-34-31-28/h5-7,9-19,27,30H,3-4,8,20H2,1-2H3,(H,32,33). The Morgan fingerprint density at radius 2 is 1.71 bits per heavy atom. The third-order valence-corrected chi connectivity index (χ3v) is 6.31. The molecule has 4 rings (SSSR count). The van der Waals surface area contributed by atoms with E-state index in [0.29, 0.717) is 11.4 Å². The average Bonchev–Trinajstić information content (AvgIpc) is 3.41. The van der Waals surface area contributed by atoms with Crippen molar-refractivity contribution in [3.05, 3.63) is 119 Å². The van der Waals surface area contributed by atoms with Crippen molar-refractivity contribution in [1.82, 2.24) is 5.16 Å². The summed E-state index contributed by atoms with van der Waals surface area (Å²) < 4.78 is 11.5. The third-order valence-electron chi connectivity index (χ3n) is 6.31. The van der Waals surface area contributed by atoms with Crippen LogP contribution in [0, 0.1) is 6.92 Å². The van der Waals surface area contributed by atoms with Gasteiger partial charge in [-0.15, -0.1) is 0 Å². The fraction of sp³-hybridized carbons (Fsp3) is 0.267. The molecule has 5 heteroatoms. The maximum Gasteiger partial charge on any atom is 0.304 e. The molecule has 0 amide bonds. The number of aromatic nitrogens is 1. The first-order valence-corrected chi connectivity index (χ1v) is 12.1. The van der Waals surface area contributed by atoms with Gasteiger partial charge in [0.25, 0.3) is 0 Å². The number of benzene rings is 3. The largest absolute Gasteiger partial charge is 0.481 e. The number of aryl methyl sites for hydroxylation is 2. The number of carbonyl (C=O) groups is 1. The molecule has 1 N–H and O–H groups in total. The van der Waals surface area contributed by atoms with Crippen LogP contribution in [0.15, 0.2) is 89.6 Å². The van der Waals surface area contributed by atoms with E-state index in [1.54, 1.807) is 6.07 Å². The summed E-state index contributed by atoms with van der Waals surface area (Å²) in [6.07, 6.45) is 4.51. The lowest BCUT2D eigenvalue weighted by Gasteiger charge is -2.22. The summed E-state index contributed by atoms with van der Waals surface area (Å²) in [5.74, 6) is -0.559. The Balaban J connectivity index is 1.62. The Morgan fingerprint density at radius 3 is 2.37 bits per heavy atom. The van der Waals surface area contributed by atoms with Gasteiger partial charge in [-0.2, -0.15) is 0 Å². The van der Waals surface area contributed by atoms with Gasteiger partial charge in [0, 0.05) is 12.0 Å². The predicted octanol–water partition coefficient (Wildman–Crippen LogP) is 7.10. The molecule has 1 heterocycles. The van der Waals surface area contributed by atoms with Crippen LogP contribution >= 0.6 is 0 Å². The van der Waals surface area contributed by atoms with Gasteiger partial charge < -0.3 is 14.4 Å². The number of hydrogen-bond acceptors (Lipinski definition) is 4. The van der Waals surface area contributed by atoms with Gasteiger partial charge in [0.15, 0.2) is 0 Å². The van der Waals surface area contributed by atoms with Gasteiger partial charge in [-0.05, 0) is 59.7 Å².